The van der Waals surface area contributed by atoms with E-state index < -0.39 is 5.97 Å². The molecule has 0 amide bonds. The van der Waals surface area contributed by atoms with Crippen LogP contribution in [0.3, 0.4) is 0 Å². The third-order valence-electron chi connectivity index (χ3n) is 5.88. The number of carboxylic acid groups (broad SMARTS) is 1. The van der Waals surface area contributed by atoms with Gasteiger partial charge in [0.05, 0.1) is 11.6 Å². The van der Waals surface area contributed by atoms with Crippen molar-refractivity contribution in [1.82, 2.24) is 0 Å². The molecule has 0 bridgehead atoms. The number of benzene rings is 3. The van der Waals surface area contributed by atoms with E-state index in [9.17, 15) is 9.90 Å². The zero-order valence-electron chi connectivity index (χ0n) is 14.5. The lowest BCUT2D eigenvalue weighted by Gasteiger charge is -2.38. The Balaban J connectivity index is 1.68. The first-order valence-electron chi connectivity index (χ1n) is 9.09. The minimum Gasteiger partial charge on any atom is -0.478 e. The van der Waals surface area contributed by atoms with Crippen LogP contribution in [0.1, 0.15) is 44.6 Å². The minimum atomic E-state index is -0.888. The van der Waals surface area contributed by atoms with Gasteiger partial charge in [0.1, 0.15) is 0 Å². The second kappa shape index (κ2) is 6.14. The van der Waals surface area contributed by atoms with Gasteiger partial charge < -0.3 is 10.4 Å². The van der Waals surface area contributed by atoms with Crippen LogP contribution in [0.25, 0.3) is 0 Å². The van der Waals surface area contributed by atoms with E-state index in [1.807, 2.05) is 24.3 Å². The van der Waals surface area contributed by atoms with Crippen molar-refractivity contribution in [2.45, 2.75) is 18.4 Å². The number of aromatic carboxylic acids is 1. The lowest BCUT2D eigenvalue weighted by Crippen LogP contribution is -2.30. The number of rotatable bonds is 2. The van der Waals surface area contributed by atoms with Gasteiger partial charge in [-0.1, -0.05) is 48.0 Å². The molecule has 134 valence electrons. The Hall–Kier alpha value is -2.78. The van der Waals surface area contributed by atoms with Crippen LogP contribution in [0, 0.1) is 5.92 Å². The quantitative estimate of drug-likeness (QED) is 0.621. The van der Waals surface area contributed by atoms with E-state index in [1.54, 1.807) is 6.07 Å². The van der Waals surface area contributed by atoms with Gasteiger partial charge in [0.15, 0.2) is 0 Å². The van der Waals surface area contributed by atoms with Gasteiger partial charge >= 0.3 is 5.97 Å². The largest absolute Gasteiger partial charge is 0.478 e. The summed E-state index contributed by atoms with van der Waals surface area (Å²) in [5.41, 5.74) is 6.29. The monoisotopic (exact) mass is 375 g/mol. The van der Waals surface area contributed by atoms with Crippen molar-refractivity contribution < 1.29 is 9.90 Å². The van der Waals surface area contributed by atoms with Crippen LogP contribution in [0.5, 0.6) is 0 Å². The lowest BCUT2D eigenvalue weighted by atomic mass is 9.75. The molecule has 27 heavy (non-hydrogen) atoms. The molecule has 0 fully saturated rings. The van der Waals surface area contributed by atoms with Gasteiger partial charge in [-0.25, -0.2) is 4.79 Å². The fourth-order valence-electron chi connectivity index (χ4n) is 4.69. The molecule has 0 saturated heterocycles. The second-order valence-electron chi connectivity index (χ2n) is 7.33. The van der Waals surface area contributed by atoms with E-state index in [2.05, 4.69) is 41.7 Å². The van der Waals surface area contributed by atoms with Crippen LogP contribution >= 0.6 is 11.6 Å². The van der Waals surface area contributed by atoms with Crippen LogP contribution in [0.4, 0.5) is 5.69 Å². The molecule has 3 nitrogen and oxygen atoms in total. The highest BCUT2D eigenvalue weighted by Gasteiger charge is 2.43. The number of halogens is 1. The SMILES string of the molecule is O=C(O)c1ccc2c(c1)[C@@H]1c3ccccc3C[C@@H]1[C@@H](c1ccc(Cl)cc1)N2. The van der Waals surface area contributed by atoms with E-state index >= 15 is 0 Å². The first-order chi connectivity index (χ1) is 13.1. The standard InChI is InChI=1S/C23H18ClNO2/c24-16-8-5-13(6-9-16)22-19-11-14-3-1-2-4-17(14)21(19)18-12-15(23(26)27)7-10-20(18)25-22/h1-10,12,19,21-22,25H,11H2,(H,26,27)/t19-,21-,22+/m0/s1. The van der Waals surface area contributed by atoms with Gasteiger partial charge in [-0.3, -0.25) is 0 Å². The van der Waals surface area contributed by atoms with Crippen molar-refractivity contribution in [3.8, 4) is 0 Å². The van der Waals surface area contributed by atoms with E-state index in [0.717, 1.165) is 22.7 Å². The van der Waals surface area contributed by atoms with Crippen LogP contribution in [-0.4, -0.2) is 11.1 Å². The molecule has 3 aromatic rings. The third kappa shape index (κ3) is 2.62. The summed E-state index contributed by atoms with van der Waals surface area (Å²) in [7, 11) is 0. The summed E-state index contributed by atoms with van der Waals surface area (Å²) in [5, 5.41) is 13.8. The molecule has 4 heteroatoms. The van der Waals surface area contributed by atoms with Gasteiger partial charge in [0, 0.05) is 16.6 Å². The molecule has 1 heterocycles. The molecule has 0 aromatic heterocycles. The van der Waals surface area contributed by atoms with E-state index in [-0.39, 0.29) is 12.0 Å². The molecular formula is C23H18ClNO2. The average molecular weight is 376 g/mol. The second-order valence-corrected chi connectivity index (χ2v) is 7.76. The van der Waals surface area contributed by atoms with Crippen molar-refractivity contribution in [2.75, 3.05) is 5.32 Å². The number of hydrogen-bond acceptors (Lipinski definition) is 2. The van der Waals surface area contributed by atoms with E-state index in [4.69, 9.17) is 11.6 Å². The maximum Gasteiger partial charge on any atom is 0.335 e. The molecule has 1 aliphatic heterocycles. The fourth-order valence-corrected chi connectivity index (χ4v) is 4.82. The average Bonchev–Trinajstić information content (AvgIpc) is 3.07. The van der Waals surface area contributed by atoms with Crippen molar-refractivity contribution in [2.24, 2.45) is 5.92 Å². The van der Waals surface area contributed by atoms with Gasteiger partial charge in [-0.05, 0) is 64.9 Å². The highest BCUT2D eigenvalue weighted by Crippen LogP contribution is 2.53. The molecule has 2 N–H and O–H groups in total. The van der Waals surface area contributed by atoms with Gasteiger partial charge in [-0.2, -0.15) is 0 Å². The minimum absolute atomic E-state index is 0.155. The van der Waals surface area contributed by atoms with Gasteiger partial charge in [0.25, 0.3) is 0 Å². The maximum absolute atomic E-state index is 11.5. The Morgan fingerprint density at radius 3 is 2.56 bits per heavy atom. The highest BCUT2D eigenvalue weighted by atomic mass is 35.5. The van der Waals surface area contributed by atoms with Crippen molar-refractivity contribution >= 4 is 23.3 Å². The van der Waals surface area contributed by atoms with E-state index in [1.165, 1.54) is 16.7 Å². The zero-order chi connectivity index (χ0) is 18.5. The molecule has 5 rings (SSSR count). The first kappa shape index (κ1) is 16.4. The van der Waals surface area contributed by atoms with E-state index in [0.29, 0.717) is 11.5 Å². The van der Waals surface area contributed by atoms with Gasteiger partial charge in [-0.15, -0.1) is 0 Å². The summed E-state index contributed by atoms with van der Waals surface area (Å²) >= 11 is 6.09. The number of fused-ring (bicyclic) bond motifs is 5. The predicted molar refractivity (Wildman–Crippen MR) is 107 cm³/mol. The lowest BCUT2D eigenvalue weighted by molar-refractivity contribution is 0.0696. The molecular weight excluding hydrogens is 358 g/mol. The third-order valence-corrected chi connectivity index (χ3v) is 6.13. The number of anilines is 1. The van der Waals surface area contributed by atoms with Crippen molar-refractivity contribution in [3.05, 3.63) is 99.6 Å². The Morgan fingerprint density at radius 2 is 1.78 bits per heavy atom. The summed E-state index contributed by atoms with van der Waals surface area (Å²) in [4.78, 5) is 11.5. The number of nitrogens with one attached hydrogen (secondary N) is 1. The molecule has 0 saturated carbocycles. The molecule has 0 radical (unpaired) electrons. The summed E-state index contributed by atoms with van der Waals surface area (Å²) in [6.45, 7) is 0. The van der Waals surface area contributed by atoms with Crippen molar-refractivity contribution in [1.29, 1.82) is 0 Å². The molecule has 0 spiro atoms. The Labute approximate surface area is 162 Å². The maximum atomic E-state index is 11.5. The van der Waals surface area contributed by atoms with Crippen LogP contribution in [0.15, 0.2) is 66.7 Å². The summed E-state index contributed by atoms with van der Waals surface area (Å²) in [5.74, 6) is -0.363. The number of carbonyl (C=O) groups is 1. The summed E-state index contributed by atoms with van der Waals surface area (Å²) < 4.78 is 0. The van der Waals surface area contributed by atoms with Crippen LogP contribution in [0.2, 0.25) is 5.02 Å². The normalized spacial score (nSPS) is 22.3. The van der Waals surface area contributed by atoms with Crippen LogP contribution < -0.4 is 5.32 Å². The Bertz CT molecular complexity index is 1040. The van der Waals surface area contributed by atoms with Gasteiger partial charge in [0.2, 0.25) is 0 Å². The molecule has 0 unspecified atom stereocenters. The fraction of sp³-hybridized carbons (Fsp3) is 0.174. The number of carboxylic acids is 1. The zero-order valence-corrected chi connectivity index (χ0v) is 15.3. The molecule has 3 aromatic carbocycles. The molecule has 3 atom stereocenters. The molecule has 2 aliphatic rings. The summed E-state index contributed by atoms with van der Waals surface area (Å²) in [6, 6.07) is 22.1. The highest BCUT2D eigenvalue weighted by molar-refractivity contribution is 6.30. The smallest absolute Gasteiger partial charge is 0.335 e. The topological polar surface area (TPSA) is 49.3 Å². The van der Waals surface area contributed by atoms with Crippen LogP contribution in [-0.2, 0) is 6.42 Å². The first-order valence-corrected chi connectivity index (χ1v) is 9.46. The van der Waals surface area contributed by atoms with Crippen molar-refractivity contribution in [3.63, 3.8) is 0 Å². The Morgan fingerprint density at radius 1 is 1.00 bits per heavy atom. The predicted octanol–water partition coefficient (Wildman–Crippen LogP) is 5.51. The molecule has 1 aliphatic carbocycles. The number of hydrogen-bond donors (Lipinski definition) is 2. The summed E-state index contributed by atoms with van der Waals surface area (Å²) in [6.07, 6.45) is 0.970. The Kier molecular flexibility index (Phi) is 3.73.